The van der Waals surface area contributed by atoms with Gasteiger partial charge in [0, 0.05) is 19.3 Å². The predicted molar refractivity (Wildman–Crippen MR) is 133 cm³/mol. The number of amides is 2. The zero-order chi connectivity index (χ0) is 29.2. The van der Waals surface area contributed by atoms with Crippen LogP contribution in [-0.4, -0.2) is 44.3 Å². The average Bonchev–Trinajstić information content (AvgIpc) is 3.21. The Hall–Kier alpha value is -2.99. The maximum Gasteiger partial charge on any atom is 0.408 e. The molecule has 1 aliphatic rings. The molecule has 2 aromatic rings. The Balaban J connectivity index is 1.86. The molecule has 0 radical (unpaired) electrons. The number of nitrogens with zero attached hydrogens (tertiary/aromatic N) is 3. The SMILES string of the molecule is CC(C)C(NC(=O)CCC(F)(F)F)c1cnn2cc([C@@H](NC(=O)OC(C)(C)C)C3CCC(F)(F)CC3)nc2c1. The van der Waals surface area contributed by atoms with Crippen molar-refractivity contribution in [3.63, 3.8) is 0 Å². The van der Waals surface area contributed by atoms with Gasteiger partial charge in [-0.15, -0.1) is 0 Å². The molecule has 13 heteroatoms. The fourth-order valence-electron chi connectivity index (χ4n) is 4.63. The van der Waals surface area contributed by atoms with Crippen LogP contribution in [0.2, 0.25) is 0 Å². The Labute approximate surface area is 224 Å². The molecular weight excluding hydrogens is 525 g/mol. The van der Waals surface area contributed by atoms with Crippen molar-refractivity contribution in [3.05, 3.63) is 29.7 Å². The minimum Gasteiger partial charge on any atom is -0.444 e. The van der Waals surface area contributed by atoms with Crippen LogP contribution >= 0.6 is 0 Å². The summed E-state index contributed by atoms with van der Waals surface area (Å²) in [5.74, 6) is -3.95. The van der Waals surface area contributed by atoms with E-state index in [1.807, 2.05) is 13.8 Å². The molecule has 1 unspecified atom stereocenters. The van der Waals surface area contributed by atoms with Gasteiger partial charge in [-0.05, 0) is 57.1 Å². The van der Waals surface area contributed by atoms with E-state index in [1.165, 1.54) is 10.7 Å². The van der Waals surface area contributed by atoms with Gasteiger partial charge in [0.15, 0.2) is 5.65 Å². The molecule has 2 atom stereocenters. The van der Waals surface area contributed by atoms with Gasteiger partial charge in [0.1, 0.15) is 5.60 Å². The molecule has 2 heterocycles. The number of ether oxygens (including phenoxy) is 1. The first kappa shape index (κ1) is 30.6. The standard InChI is InChI=1S/C26H36F5N5O3/c1-15(2)21(34-20(37)8-11-26(29,30)31)17-12-19-33-18(14-36(19)32-13-17)22(35-23(38)39-24(3,4)5)16-6-9-25(27,28)10-7-16/h12-16,21-22H,6-11H2,1-5H3,(H,34,37)(H,35,38)/t21?,22-/m0/s1. The number of hydrogen-bond donors (Lipinski definition) is 2. The molecule has 0 saturated heterocycles. The minimum atomic E-state index is -4.44. The van der Waals surface area contributed by atoms with Crippen LogP contribution in [0.4, 0.5) is 26.7 Å². The van der Waals surface area contributed by atoms with Crippen LogP contribution in [0.15, 0.2) is 18.5 Å². The number of halogens is 5. The first-order valence-corrected chi connectivity index (χ1v) is 13.0. The van der Waals surface area contributed by atoms with E-state index in [4.69, 9.17) is 4.74 Å². The lowest BCUT2D eigenvalue weighted by atomic mass is 9.81. The predicted octanol–water partition coefficient (Wildman–Crippen LogP) is 6.28. The van der Waals surface area contributed by atoms with Gasteiger partial charge < -0.3 is 15.4 Å². The number of carbonyl (C=O) groups excluding carboxylic acids is 2. The van der Waals surface area contributed by atoms with Crippen molar-refractivity contribution < 1.29 is 36.3 Å². The number of aromatic nitrogens is 3. The van der Waals surface area contributed by atoms with E-state index in [-0.39, 0.29) is 37.5 Å². The molecule has 1 saturated carbocycles. The molecule has 0 spiro atoms. The molecule has 1 aliphatic carbocycles. The van der Waals surface area contributed by atoms with E-state index in [0.717, 1.165) is 0 Å². The second-order valence-corrected chi connectivity index (χ2v) is 11.5. The number of alkyl halides is 5. The largest absolute Gasteiger partial charge is 0.444 e. The summed E-state index contributed by atoms with van der Waals surface area (Å²) < 4.78 is 72.2. The first-order chi connectivity index (χ1) is 17.9. The summed E-state index contributed by atoms with van der Waals surface area (Å²) in [5.41, 5.74) is 0.565. The van der Waals surface area contributed by atoms with Gasteiger partial charge in [0.2, 0.25) is 11.8 Å². The summed E-state index contributed by atoms with van der Waals surface area (Å²) in [4.78, 5) is 29.4. The number of rotatable bonds is 8. The van der Waals surface area contributed by atoms with Crippen LogP contribution in [0.5, 0.6) is 0 Å². The molecule has 39 heavy (non-hydrogen) atoms. The molecule has 2 aromatic heterocycles. The highest BCUT2D eigenvalue weighted by Crippen LogP contribution is 2.41. The van der Waals surface area contributed by atoms with Gasteiger partial charge in [-0.1, -0.05) is 13.8 Å². The van der Waals surface area contributed by atoms with Crippen LogP contribution in [0, 0.1) is 11.8 Å². The number of hydrogen-bond acceptors (Lipinski definition) is 5. The van der Waals surface area contributed by atoms with E-state index in [0.29, 0.717) is 16.9 Å². The Bertz CT molecular complexity index is 1150. The molecule has 0 bridgehead atoms. The van der Waals surface area contributed by atoms with E-state index in [1.54, 1.807) is 33.0 Å². The summed E-state index contributed by atoms with van der Waals surface area (Å²) in [6.45, 7) is 8.77. The molecule has 2 amide bonds. The summed E-state index contributed by atoms with van der Waals surface area (Å²) >= 11 is 0. The highest BCUT2D eigenvalue weighted by atomic mass is 19.4. The fraction of sp³-hybridized carbons (Fsp3) is 0.692. The Morgan fingerprint density at radius 2 is 1.79 bits per heavy atom. The van der Waals surface area contributed by atoms with Crippen molar-refractivity contribution in [1.29, 1.82) is 0 Å². The lowest BCUT2D eigenvalue weighted by Crippen LogP contribution is -2.40. The number of carbonyl (C=O) groups is 2. The van der Waals surface area contributed by atoms with E-state index in [9.17, 15) is 31.5 Å². The summed E-state index contributed by atoms with van der Waals surface area (Å²) in [6.07, 6.45) is -4.19. The normalized spacial score (nSPS) is 18.1. The lowest BCUT2D eigenvalue weighted by molar-refractivity contribution is -0.144. The van der Waals surface area contributed by atoms with Crippen molar-refractivity contribution in [3.8, 4) is 0 Å². The van der Waals surface area contributed by atoms with Crippen LogP contribution in [-0.2, 0) is 9.53 Å². The first-order valence-electron chi connectivity index (χ1n) is 13.0. The van der Waals surface area contributed by atoms with E-state index in [2.05, 4.69) is 20.7 Å². The third kappa shape index (κ3) is 9.03. The van der Waals surface area contributed by atoms with Crippen LogP contribution in [0.3, 0.4) is 0 Å². The van der Waals surface area contributed by atoms with Gasteiger partial charge in [-0.25, -0.2) is 23.1 Å². The maximum atomic E-state index is 13.9. The van der Waals surface area contributed by atoms with Crippen LogP contribution in [0.1, 0.15) is 96.5 Å². The molecule has 0 aliphatic heterocycles. The highest BCUT2D eigenvalue weighted by Gasteiger charge is 2.40. The third-order valence-corrected chi connectivity index (χ3v) is 6.56. The summed E-state index contributed by atoms with van der Waals surface area (Å²) in [6, 6.07) is 0.341. The van der Waals surface area contributed by atoms with Crippen molar-refractivity contribution in [2.24, 2.45) is 11.8 Å². The second-order valence-electron chi connectivity index (χ2n) is 11.5. The Morgan fingerprint density at radius 1 is 1.15 bits per heavy atom. The van der Waals surface area contributed by atoms with E-state index < -0.39 is 54.6 Å². The van der Waals surface area contributed by atoms with Crippen molar-refractivity contribution in [1.82, 2.24) is 25.2 Å². The maximum absolute atomic E-state index is 13.9. The Morgan fingerprint density at radius 3 is 2.36 bits per heavy atom. The molecule has 0 aromatic carbocycles. The van der Waals surface area contributed by atoms with Gasteiger partial charge in [0.25, 0.3) is 0 Å². The number of alkyl carbamates (subject to hydrolysis) is 1. The van der Waals surface area contributed by atoms with Crippen molar-refractivity contribution in [2.75, 3.05) is 0 Å². The molecule has 218 valence electrons. The molecule has 3 rings (SSSR count). The van der Waals surface area contributed by atoms with Crippen molar-refractivity contribution >= 4 is 17.6 Å². The molecule has 8 nitrogen and oxygen atoms in total. The van der Waals surface area contributed by atoms with Gasteiger partial charge in [-0.2, -0.15) is 18.3 Å². The Kier molecular flexibility index (Phi) is 9.11. The van der Waals surface area contributed by atoms with Gasteiger partial charge in [-0.3, -0.25) is 4.79 Å². The van der Waals surface area contributed by atoms with E-state index >= 15 is 0 Å². The molecule has 2 N–H and O–H groups in total. The monoisotopic (exact) mass is 561 g/mol. The highest BCUT2D eigenvalue weighted by molar-refractivity contribution is 5.76. The zero-order valence-corrected chi connectivity index (χ0v) is 22.7. The summed E-state index contributed by atoms with van der Waals surface area (Å²) in [5, 5.41) is 9.79. The van der Waals surface area contributed by atoms with Crippen LogP contribution in [0.25, 0.3) is 5.65 Å². The number of imidazole rings is 1. The minimum absolute atomic E-state index is 0.163. The second kappa shape index (κ2) is 11.6. The third-order valence-electron chi connectivity index (χ3n) is 6.56. The fourth-order valence-corrected chi connectivity index (χ4v) is 4.63. The topological polar surface area (TPSA) is 97.6 Å². The number of fused-ring (bicyclic) bond motifs is 1. The van der Waals surface area contributed by atoms with Crippen molar-refractivity contribution in [2.45, 2.75) is 103 Å². The summed E-state index contributed by atoms with van der Waals surface area (Å²) in [7, 11) is 0. The molecular formula is C26H36F5N5O3. The average molecular weight is 562 g/mol. The zero-order valence-electron chi connectivity index (χ0n) is 22.7. The smallest absolute Gasteiger partial charge is 0.408 e. The van der Waals surface area contributed by atoms with Gasteiger partial charge >= 0.3 is 12.3 Å². The van der Waals surface area contributed by atoms with Gasteiger partial charge in [0.05, 0.1) is 36.6 Å². The van der Waals surface area contributed by atoms with Crippen LogP contribution < -0.4 is 10.6 Å². The number of nitrogens with one attached hydrogen (secondary N) is 2. The molecule has 1 fully saturated rings. The lowest BCUT2D eigenvalue weighted by Gasteiger charge is -2.33. The quantitative estimate of drug-likeness (QED) is 0.370.